The second-order valence-corrected chi connectivity index (χ2v) is 8.48. The first kappa shape index (κ1) is 21.5. The lowest BCUT2D eigenvalue weighted by Crippen LogP contribution is -2.48. The molecule has 1 heterocycles. The molecule has 0 spiro atoms. The van der Waals surface area contributed by atoms with Crippen molar-refractivity contribution in [1.82, 2.24) is 0 Å². The molecule has 31 heavy (non-hydrogen) atoms. The molecule has 3 aromatic rings. The van der Waals surface area contributed by atoms with E-state index < -0.39 is 23.3 Å². The van der Waals surface area contributed by atoms with Crippen molar-refractivity contribution in [3.05, 3.63) is 70.1 Å². The smallest absolute Gasteiger partial charge is 0.380 e. The van der Waals surface area contributed by atoms with E-state index in [0.717, 1.165) is 22.5 Å². The fourth-order valence-corrected chi connectivity index (χ4v) is 4.68. The second kappa shape index (κ2) is 7.15. The fraction of sp³-hybridized carbons (Fsp3) is 0.217. The zero-order valence-electron chi connectivity index (χ0n) is 16.4. The van der Waals surface area contributed by atoms with Gasteiger partial charge in [-0.15, -0.1) is 11.3 Å². The van der Waals surface area contributed by atoms with Gasteiger partial charge in [0, 0.05) is 32.2 Å². The molecule has 8 heteroatoms. The summed E-state index contributed by atoms with van der Waals surface area (Å²) in [6.45, 7) is 1.46. The molecule has 0 atom stereocenters. The minimum Gasteiger partial charge on any atom is -0.497 e. The van der Waals surface area contributed by atoms with Crippen molar-refractivity contribution in [1.29, 1.82) is 0 Å². The van der Waals surface area contributed by atoms with Crippen molar-refractivity contribution in [2.24, 2.45) is 0 Å². The maximum absolute atomic E-state index is 14.3. The third-order valence-corrected chi connectivity index (χ3v) is 6.29. The van der Waals surface area contributed by atoms with Crippen molar-refractivity contribution >= 4 is 39.1 Å². The monoisotopic (exact) mass is 454 g/mol. The van der Waals surface area contributed by atoms with Gasteiger partial charge in [0.1, 0.15) is 5.75 Å². The summed E-state index contributed by atoms with van der Waals surface area (Å²) in [5.74, 6) is -14.7. The molecule has 0 N–H and O–H groups in total. The van der Waals surface area contributed by atoms with Crippen molar-refractivity contribution in [2.45, 2.75) is 24.7 Å². The molecule has 1 aliphatic carbocycles. The van der Waals surface area contributed by atoms with Crippen molar-refractivity contribution < 1.29 is 31.1 Å². The van der Waals surface area contributed by atoms with Crippen molar-refractivity contribution in [3.63, 3.8) is 0 Å². The normalized spacial score (nSPS) is 19.2. The first-order chi connectivity index (χ1) is 14.5. The van der Waals surface area contributed by atoms with E-state index in [1.54, 1.807) is 31.4 Å². The molecule has 0 unspecified atom stereocenters. The standard InChI is InChI=1S/C23H16F6OS/c1-13-20(18-12-21(24,25)23(28,29)22(18,26)27)17-10-7-15(11-19(17)31-13)4-3-14-5-8-16(30-2)9-6-14/h3-12H,1-2H3. The van der Waals surface area contributed by atoms with Gasteiger partial charge in [0.05, 0.1) is 7.11 Å². The number of ether oxygens (including phenoxy) is 1. The number of alkyl halides is 6. The molecule has 0 aliphatic heterocycles. The van der Waals surface area contributed by atoms with E-state index in [1.807, 2.05) is 24.3 Å². The predicted octanol–water partition coefficient (Wildman–Crippen LogP) is 7.69. The summed E-state index contributed by atoms with van der Waals surface area (Å²) < 4.78 is 88.9. The predicted molar refractivity (Wildman–Crippen MR) is 111 cm³/mol. The van der Waals surface area contributed by atoms with Gasteiger partial charge in [0.15, 0.2) is 0 Å². The summed E-state index contributed by atoms with van der Waals surface area (Å²) in [7, 11) is 1.57. The maximum atomic E-state index is 14.3. The van der Waals surface area contributed by atoms with E-state index in [0.29, 0.717) is 10.4 Å². The minimum atomic E-state index is -5.48. The molecule has 0 saturated heterocycles. The molecule has 162 valence electrons. The van der Waals surface area contributed by atoms with Crippen LogP contribution in [0, 0.1) is 6.92 Å². The molecule has 4 rings (SSSR count). The summed E-state index contributed by atoms with van der Waals surface area (Å²) in [4.78, 5) is 0.269. The largest absolute Gasteiger partial charge is 0.497 e. The van der Waals surface area contributed by atoms with Gasteiger partial charge in [-0.25, -0.2) is 0 Å². The molecular formula is C23H16F6OS. The summed E-state index contributed by atoms with van der Waals surface area (Å²) in [6.07, 6.45) is 3.36. The van der Waals surface area contributed by atoms with Gasteiger partial charge in [-0.05, 0) is 36.2 Å². The molecule has 1 nitrogen and oxygen atoms in total. The quantitative estimate of drug-likeness (QED) is 0.290. The number of hydrogen-bond acceptors (Lipinski definition) is 2. The lowest BCUT2D eigenvalue weighted by atomic mass is 9.97. The van der Waals surface area contributed by atoms with Crippen LogP contribution >= 0.6 is 11.3 Å². The van der Waals surface area contributed by atoms with Crippen molar-refractivity contribution in [3.8, 4) is 5.75 Å². The minimum absolute atomic E-state index is 0.239. The Hall–Kier alpha value is -2.74. The molecule has 1 aromatic heterocycles. The maximum Gasteiger partial charge on any atom is 0.380 e. The number of hydrogen-bond donors (Lipinski definition) is 0. The van der Waals surface area contributed by atoms with Crippen LogP contribution in [0.3, 0.4) is 0 Å². The number of halogens is 6. The molecule has 0 saturated carbocycles. The van der Waals surface area contributed by atoms with Crippen LogP contribution in [0.4, 0.5) is 26.3 Å². The average molecular weight is 454 g/mol. The summed E-state index contributed by atoms with van der Waals surface area (Å²) in [5, 5.41) is 0.239. The molecular weight excluding hydrogens is 438 g/mol. The summed E-state index contributed by atoms with van der Waals surface area (Å²) >= 11 is 1.09. The van der Waals surface area contributed by atoms with Crippen LogP contribution in [-0.4, -0.2) is 24.9 Å². The molecule has 2 aromatic carbocycles. The number of methoxy groups -OCH3 is 1. The van der Waals surface area contributed by atoms with Gasteiger partial charge in [-0.1, -0.05) is 36.4 Å². The molecule has 0 radical (unpaired) electrons. The Bertz CT molecular complexity index is 1200. The van der Waals surface area contributed by atoms with Crippen LogP contribution < -0.4 is 4.74 Å². The molecule has 0 bridgehead atoms. The highest BCUT2D eigenvalue weighted by Gasteiger charge is 2.77. The first-order valence-corrected chi connectivity index (χ1v) is 10.0. The topological polar surface area (TPSA) is 9.23 Å². The molecule has 1 aliphatic rings. The Morgan fingerprint density at radius 1 is 0.871 bits per heavy atom. The third kappa shape index (κ3) is 3.33. The SMILES string of the molecule is COc1ccc(C=Cc2ccc3c(C4=CC(F)(F)C(F)(F)C4(F)F)c(C)sc3c2)cc1. The third-order valence-electron chi connectivity index (χ3n) is 5.22. The fourth-order valence-electron chi connectivity index (χ4n) is 3.55. The zero-order chi connectivity index (χ0) is 22.6. The van der Waals surface area contributed by atoms with E-state index >= 15 is 0 Å². The molecule has 0 fully saturated rings. The van der Waals surface area contributed by atoms with Crippen LogP contribution in [-0.2, 0) is 0 Å². The van der Waals surface area contributed by atoms with Crippen LogP contribution in [0.2, 0.25) is 0 Å². The van der Waals surface area contributed by atoms with Crippen LogP contribution in [0.25, 0.3) is 27.8 Å². The summed E-state index contributed by atoms with van der Waals surface area (Å²) in [6, 6.07) is 12.2. The van der Waals surface area contributed by atoms with Gasteiger partial charge in [-0.2, -0.15) is 26.3 Å². The van der Waals surface area contributed by atoms with E-state index in [-0.39, 0.29) is 21.9 Å². The highest BCUT2D eigenvalue weighted by molar-refractivity contribution is 7.19. The lowest BCUT2D eigenvalue weighted by molar-refractivity contribution is -0.257. The number of rotatable bonds is 4. The van der Waals surface area contributed by atoms with Gasteiger partial charge >= 0.3 is 17.8 Å². The van der Waals surface area contributed by atoms with Gasteiger partial charge in [0.25, 0.3) is 0 Å². The van der Waals surface area contributed by atoms with E-state index in [2.05, 4.69) is 0 Å². The highest BCUT2D eigenvalue weighted by Crippen LogP contribution is 2.60. The highest BCUT2D eigenvalue weighted by atomic mass is 32.1. The first-order valence-electron chi connectivity index (χ1n) is 9.20. The summed E-state index contributed by atoms with van der Waals surface area (Å²) in [5.41, 5.74) is 0.0726. The lowest BCUT2D eigenvalue weighted by Gasteiger charge is -2.25. The second-order valence-electron chi connectivity index (χ2n) is 7.23. The van der Waals surface area contributed by atoms with Crippen LogP contribution in [0.5, 0.6) is 5.75 Å². The Balaban J connectivity index is 1.72. The van der Waals surface area contributed by atoms with Gasteiger partial charge in [-0.3, -0.25) is 0 Å². The zero-order valence-corrected chi connectivity index (χ0v) is 17.2. The average Bonchev–Trinajstić information content (AvgIpc) is 3.10. The number of thiophene rings is 1. The van der Waals surface area contributed by atoms with Gasteiger partial charge in [0.2, 0.25) is 0 Å². The molecule has 0 amide bonds. The Kier molecular flexibility index (Phi) is 4.96. The van der Waals surface area contributed by atoms with Crippen LogP contribution in [0.15, 0.2) is 48.5 Å². The van der Waals surface area contributed by atoms with Gasteiger partial charge < -0.3 is 4.74 Å². The van der Waals surface area contributed by atoms with Crippen molar-refractivity contribution in [2.75, 3.05) is 7.11 Å². The number of fused-ring (bicyclic) bond motifs is 1. The number of allylic oxidation sites excluding steroid dienone is 2. The number of aryl methyl sites for hydroxylation is 1. The Labute approximate surface area is 178 Å². The van der Waals surface area contributed by atoms with E-state index in [4.69, 9.17) is 4.74 Å². The van der Waals surface area contributed by atoms with E-state index in [9.17, 15) is 26.3 Å². The Morgan fingerprint density at radius 2 is 1.48 bits per heavy atom. The van der Waals surface area contributed by atoms with Crippen LogP contribution in [0.1, 0.15) is 21.6 Å². The number of benzene rings is 2. The Morgan fingerprint density at radius 3 is 2.06 bits per heavy atom. The van der Waals surface area contributed by atoms with E-state index in [1.165, 1.54) is 13.0 Å².